The highest BCUT2D eigenvalue weighted by atomic mass is 32.1. The van der Waals surface area contributed by atoms with Crippen molar-refractivity contribution in [2.45, 2.75) is 33.2 Å². The van der Waals surface area contributed by atoms with Crippen LogP contribution in [0.3, 0.4) is 0 Å². The number of rotatable bonds is 5. The van der Waals surface area contributed by atoms with Crippen molar-refractivity contribution < 1.29 is 0 Å². The van der Waals surface area contributed by atoms with Crippen molar-refractivity contribution in [3.05, 3.63) is 43.8 Å². The Morgan fingerprint density at radius 1 is 1.24 bits per heavy atom. The predicted octanol–water partition coefficient (Wildman–Crippen LogP) is 4.52. The topological polar surface area (TPSA) is 12.0 Å². The van der Waals surface area contributed by atoms with E-state index in [4.69, 9.17) is 0 Å². The molecule has 0 bridgehead atoms. The third-order valence-electron chi connectivity index (χ3n) is 2.97. The van der Waals surface area contributed by atoms with Gasteiger partial charge in [-0.2, -0.15) is 11.3 Å². The molecule has 1 unspecified atom stereocenters. The molecule has 3 heteroatoms. The molecule has 0 saturated carbocycles. The Labute approximate surface area is 112 Å². The maximum atomic E-state index is 3.67. The van der Waals surface area contributed by atoms with Gasteiger partial charge in [-0.05, 0) is 65.7 Å². The van der Waals surface area contributed by atoms with E-state index in [2.05, 4.69) is 48.3 Å². The predicted molar refractivity (Wildman–Crippen MR) is 78.2 cm³/mol. The van der Waals surface area contributed by atoms with Crippen LogP contribution in [0.4, 0.5) is 0 Å². The van der Waals surface area contributed by atoms with Gasteiger partial charge in [-0.1, -0.05) is 6.92 Å². The minimum atomic E-state index is 0.376. The van der Waals surface area contributed by atoms with Gasteiger partial charge in [-0.3, -0.25) is 0 Å². The minimum Gasteiger partial charge on any atom is -0.306 e. The monoisotopic (exact) mass is 265 g/mol. The van der Waals surface area contributed by atoms with Crippen LogP contribution >= 0.6 is 22.7 Å². The van der Waals surface area contributed by atoms with Crippen molar-refractivity contribution >= 4 is 22.7 Å². The molecule has 0 aromatic carbocycles. The van der Waals surface area contributed by atoms with Crippen LogP contribution in [-0.4, -0.2) is 6.54 Å². The summed E-state index contributed by atoms with van der Waals surface area (Å²) in [4.78, 5) is 1.46. The van der Waals surface area contributed by atoms with E-state index in [0.717, 1.165) is 6.54 Å². The fourth-order valence-electron chi connectivity index (χ4n) is 1.98. The van der Waals surface area contributed by atoms with Gasteiger partial charge < -0.3 is 5.32 Å². The molecular formula is C14H19NS2. The minimum absolute atomic E-state index is 0.376. The molecule has 2 rings (SSSR count). The molecule has 0 fully saturated rings. The van der Waals surface area contributed by atoms with E-state index in [0.29, 0.717) is 6.04 Å². The lowest BCUT2D eigenvalue weighted by molar-refractivity contribution is 0.603. The van der Waals surface area contributed by atoms with E-state index < -0.39 is 0 Å². The molecule has 17 heavy (non-hydrogen) atoms. The van der Waals surface area contributed by atoms with E-state index in [1.807, 2.05) is 11.3 Å². The normalized spacial score (nSPS) is 12.9. The summed E-state index contributed by atoms with van der Waals surface area (Å²) in [6.07, 6.45) is 1.17. The number of nitrogens with one attached hydrogen (secondary N) is 1. The Hall–Kier alpha value is -0.640. The second-order valence-electron chi connectivity index (χ2n) is 4.37. The zero-order valence-corrected chi connectivity index (χ0v) is 12.3. The van der Waals surface area contributed by atoms with Crippen LogP contribution in [0.1, 0.15) is 41.0 Å². The Kier molecular flexibility index (Phi) is 4.37. The summed E-state index contributed by atoms with van der Waals surface area (Å²) in [5, 5.41) is 10.4. The third kappa shape index (κ3) is 2.79. The lowest BCUT2D eigenvalue weighted by Crippen LogP contribution is -2.23. The molecule has 92 valence electrons. The zero-order chi connectivity index (χ0) is 12.3. The van der Waals surface area contributed by atoms with Gasteiger partial charge in [0, 0.05) is 4.88 Å². The van der Waals surface area contributed by atoms with Crippen molar-refractivity contribution in [2.75, 3.05) is 6.54 Å². The van der Waals surface area contributed by atoms with Crippen LogP contribution < -0.4 is 5.32 Å². The Balaban J connectivity index is 2.32. The molecule has 1 nitrogen and oxygen atoms in total. The molecule has 2 aromatic rings. The van der Waals surface area contributed by atoms with E-state index in [-0.39, 0.29) is 0 Å². The summed E-state index contributed by atoms with van der Waals surface area (Å²) >= 11 is 3.65. The molecule has 0 amide bonds. The smallest absolute Gasteiger partial charge is 0.0684 e. The van der Waals surface area contributed by atoms with Gasteiger partial charge in [-0.15, -0.1) is 11.3 Å². The molecule has 0 radical (unpaired) electrons. The first-order valence-corrected chi connectivity index (χ1v) is 7.86. The summed E-state index contributed by atoms with van der Waals surface area (Å²) in [7, 11) is 0. The molecule has 0 aliphatic heterocycles. The highest BCUT2D eigenvalue weighted by molar-refractivity contribution is 7.10. The van der Waals surface area contributed by atoms with Gasteiger partial charge in [0.25, 0.3) is 0 Å². The van der Waals surface area contributed by atoms with Gasteiger partial charge >= 0.3 is 0 Å². The zero-order valence-electron chi connectivity index (χ0n) is 10.6. The average molecular weight is 265 g/mol. The van der Waals surface area contributed by atoms with E-state index in [1.165, 1.54) is 28.0 Å². The Morgan fingerprint density at radius 2 is 2.06 bits per heavy atom. The number of hydrogen-bond acceptors (Lipinski definition) is 3. The first kappa shape index (κ1) is 12.8. The number of hydrogen-bond donors (Lipinski definition) is 1. The lowest BCUT2D eigenvalue weighted by atomic mass is 10.0. The summed E-state index contributed by atoms with van der Waals surface area (Å²) in [5.41, 5.74) is 4.24. The van der Waals surface area contributed by atoms with Crippen LogP contribution in [0.25, 0.3) is 0 Å². The summed E-state index contributed by atoms with van der Waals surface area (Å²) in [6.45, 7) is 7.69. The lowest BCUT2D eigenvalue weighted by Gasteiger charge is -2.18. The van der Waals surface area contributed by atoms with Gasteiger partial charge in [0.1, 0.15) is 0 Å². The molecule has 0 spiro atoms. The van der Waals surface area contributed by atoms with Gasteiger partial charge in [0.15, 0.2) is 0 Å². The average Bonchev–Trinajstić information content (AvgIpc) is 2.90. The summed E-state index contributed by atoms with van der Waals surface area (Å²) < 4.78 is 0. The van der Waals surface area contributed by atoms with E-state index in [1.54, 1.807) is 11.3 Å². The van der Waals surface area contributed by atoms with Gasteiger partial charge in [0.05, 0.1) is 6.04 Å². The maximum Gasteiger partial charge on any atom is 0.0684 e. The summed E-state index contributed by atoms with van der Waals surface area (Å²) in [6, 6.07) is 2.59. The SMILES string of the molecule is CCCNC(c1cscc1C)c1sccc1C. The van der Waals surface area contributed by atoms with Crippen molar-refractivity contribution in [1.82, 2.24) is 5.32 Å². The van der Waals surface area contributed by atoms with Crippen LogP contribution in [-0.2, 0) is 0 Å². The van der Waals surface area contributed by atoms with Crippen LogP contribution in [0.5, 0.6) is 0 Å². The highest BCUT2D eigenvalue weighted by Crippen LogP contribution is 2.32. The van der Waals surface area contributed by atoms with Gasteiger partial charge in [0.2, 0.25) is 0 Å². The van der Waals surface area contributed by atoms with Crippen molar-refractivity contribution in [3.63, 3.8) is 0 Å². The molecule has 1 N–H and O–H groups in total. The first-order valence-electron chi connectivity index (χ1n) is 6.04. The number of thiophene rings is 2. The quantitative estimate of drug-likeness (QED) is 0.838. The van der Waals surface area contributed by atoms with Crippen LogP contribution in [0.2, 0.25) is 0 Å². The molecule has 2 heterocycles. The van der Waals surface area contributed by atoms with E-state index >= 15 is 0 Å². The number of aryl methyl sites for hydroxylation is 2. The molecule has 2 aromatic heterocycles. The molecule has 1 atom stereocenters. The van der Waals surface area contributed by atoms with Gasteiger partial charge in [-0.25, -0.2) is 0 Å². The van der Waals surface area contributed by atoms with Crippen molar-refractivity contribution in [1.29, 1.82) is 0 Å². The van der Waals surface area contributed by atoms with Crippen LogP contribution in [0, 0.1) is 13.8 Å². The second kappa shape index (κ2) is 5.80. The largest absolute Gasteiger partial charge is 0.306 e. The van der Waals surface area contributed by atoms with Crippen molar-refractivity contribution in [2.24, 2.45) is 0 Å². The van der Waals surface area contributed by atoms with Crippen molar-refractivity contribution in [3.8, 4) is 0 Å². The fraction of sp³-hybridized carbons (Fsp3) is 0.429. The Morgan fingerprint density at radius 3 is 2.59 bits per heavy atom. The molecule has 0 aliphatic rings. The molecule has 0 saturated heterocycles. The first-order chi connectivity index (χ1) is 8.24. The van der Waals surface area contributed by atoms with Crippen LogP contribution in [0.15, 0.2) is 22.2 Å². The highest BCUT2D eigenvalue weighted by Gasteiger charge is 2.18. The second-order valence-corrected chi connectivity index (χ2v) is 6.06. The Bertz CT molecular complexity index is 430. The maximum absolute atomic E-state index is 3.67. The van der Waals surface area contributed by atoms with E-state index in [9.17, 15) is 0 Å². The fourth-order valence-corrected chi connectivity index (χ4v) is 3.87. The molecule has 0 aliphatic carbocycles. The summed E-state index contributed by atoms with van der Waals surface area (Å²) in [5.74, 6) is 0. The standard InChI is InChI=1S/C14H19NS2/c1-4-6-15-13(12-9-16-8-11(12)3)14-10(2)5-7-17-14/h5,7-9,13,15H,4,6H2,1-3H3. The third-order valence-corrected chi connectivity index (χ3v) is 4.93. The molecular weight excluding hydrogens is 246 g/mol.